The van der Waals surface area contributed by atoms with Crippen LogP contribution in [0, 0.1) is 11.3 Å². The van der Waals surface area contributed by atoms with Gasteiger partial charge in [-0.15, -0.1) is 0 Å². The van der Waals surface area contributed by atoms with Gasteiger partial charge in [0.25, 0.3) is 0 Å². The van der Waals surface area contributed by atoms with Gasteiger partial charge in [-0.1, -0.05) is 47.5 Å². The van der Waals surface area contributed by atoms with Crippen LogP contribution < -0.4 is 0 Å². The van der Waals surface area contributed by atoms with E-state index in [2.05, 4.69) is 34.6 Å². The standard InChI is InChI=1S/C23H46N2O3/c1-10-12-13-21(27)25(9)23(6,7)18-28-17-22(4,5)16-24(8)20(26)15-14-19(3)11-2/h19H,10-18H2,1-9H3. The highest BCUT2D eigenvalue weighted by atomic mass is 16.5. The highest BCUT2D eigenvalue weighted by molar-refractivity contribution is 5.76. The van der Waals surface area contributed by atoms with E-state index in [1.165, 1.54) is 0 Å². The molecule has 0 aliphatic carbocycles. The van der Waals surface area contributed by atoms with Crippen molar-refractivity contribution < 1.29 is 14.3 Å². The normalized spacial score (nSPS) is 13.3. The number of hydrogen-bond donors (Lipinski definition) is 0. The molecule has 0 radical (unpaired) electrons. The lowest BCUT2D eigenvalue weighted by atomic mass is 9.93. The van der Waals surface area contributed by atoms with Crippen molar-refractivity contribution in [1.82, 2.24) is 9.80 Å². The van der Waals surface area contributed by atoms with Crippen molar-refractivity contribution in [2.24, 2.45) is 11.3 Å². The highest BCUT2D eigenvalue weighted by Crippen LogP contribution is 2.21. The molecule has 28 heavy (non-hydrogen) atoms. The van der Waals surface area contributed by atoms with Crippen LogP contribution in [0.25, 0.3) is 0 Å². The molecule has 2 amide bonds. The zero-order valence-corrected chi connectivity index (χ0v) is 20.1. The number of hydrogen-bond acceptors (Lipinski definition) is 3. The highest BCUT2D eigenvalue weighted by Gasteiger charge is 2.29. The van der Waals surface area contributed by atoms with Crippen molar-refractivity contribution in [3.05, 3.63) is 0 Å². The molecule has 0 fully saturated rings. The summed E-state index contributed by atoms with van der Waals surface area (Å²) in [6, 6.07) is 0. The first-order chi connectivity index (χ1) is 12.9. The molecule has 0 saturated heterocycles. The van der Waals surface area contributed by atoms with Gasteiger partial charge in [-0.05, 0) is 32.6 Å². The predicted octanol–water partition coefficient (Wildman–Crippen LogP) is 4.74. The molecule has 5 heteroatoms. The Labute approximate surface area is 174 Å². The monoisotopic (exact) mass is 398 g/mol. The van der Waals surface area contributed by atoms with E-state index in [0.717, 1.165) is 25.7 Å². The van der Waals surface area contributed by atoms with Crippen molar-refractivity contribution in [3.8, 4) is 0 Å². The van der Waals surface area contributed by atoms with Crippen molar-refractivity contribution in [2.75, 3.05) is 33.9 Å². The van der Waals surface area contributed by atoms with Gasteiger partial charge >= 0.3 is 0 Å². The first kappa shape index (κ1) is 26.9. The molecule has 0 rings (SSSR count). The lowest BCUT2D eigenvalue weighted by Crippen LogP contribution is -2.49. The molecule has 0 heterocycles. The van der Waals surface area contributed by atoms with Crippen molar-refractivity contribution in [2.45, 2.75) is 92.5 Å². The summed E-state index contributed by atoms with van der Waals surface area (Å²) in [6.45, 7) is 16.5. The Hall–Kier alpha value is -1.10. The lowest BCUT2D eigenvalue weighted by molar-refractivity contribution is -0.138. The molecule has 0 aliphatic rings. The molecule has 0 aromatic carbocycles. The van der Waals surface area contributed by atoms with Gasteiger partial charge in [0.05, 0.1) is 18.8 Å². The molecule has 0 bridgehead atoms. The van der Waals surface area contributed by atoms with Gasteiger partial charge in [0.15, 0.2) is 0 Å². The smallest absolute Gasteiger partial charge is 0.222 e. The SMILES string of the molecule is CCCCC(=O)N(C)C(C)(C)COCC(C)(C)CN(C)C(=O)CCC(C)CC. The number of ether oxygens (including phenoxy) is 1. The Morgan fingerprint density at radius 3 is 2.11 bits per heavy atom. The fourth-order valence-corrected chi connectivity index (χ4v) is 3.05. The van der Waals surface area contributed by atoms with E-state index in [0.29, 0.717) is 38.5 Å². The van der Waals surface area contributed by atoms with Crippen LogP contribution in [0.15, 0.2) is 0 Å². The average Bonchev–Trinajstić information content (AvgIpc) is 2.61. The molecular formula is C23H46N2O3. The first-order valence-corrected chi connectivity index (χ1v) is 10.9. The summed E-state index contributed by atoms with van der Waals surface area (Å²) in [4.78, 5) is 28.3. The second-order valence-electron chi connectivity index (χ2n) is 9.83. The van der Waals surface area contributed by atoms with Gasteiger partial charge < -0.3 is 14.5 Å². The summed E-state index contributed by atoms with van der Waals surface area (Å²) >= 11 is 0. The van der Waals surface area contributed by atoms with E-state index in [1.807, 2.05) is 32.8 Å². The fourth-order valence-electron chi connectivity index (χ4n) is 3.05. The van der Waals surface area contributed by atoms with E-state index in [1.54, 1.807) is 4.90 Å². The minimum Gasteiger partial charge on any atom is -0.378 e. The molecule has 166 valence electrons. The third kappa shape index (κ3) is 10.4. The lowest BCUT2D eigenvalue weighted by Gasteiger charge is -2.37. The number of amides is 2. The number of carbonyl (C=O) groups is 2. The summed E-state index contributed by atoms with van der Waals surface area (Å²) in [5.74, 6) is 0.962. The van der Waals surface area contributed by atoms with Gasteiger partial charge in [0, 0.05) is 38.9 Å². The zero-order chi connectivity index (χ0) is 22.0. The second kappa shape index (κ2) is 12.5. The van der Waals surface area contributed by atoms with Crippen LogP contribution in [0.4, 0.5) is 0 Å². The van der Waals surface area contributed by atoms with E-state index in [9.17, 15) is 9.59 Å². The van der Waals surface area contributed by atoms with Crippen molar-refractivity contribution in [3.63, 3.8) is 0 Å². The minimum absolute atomic E-state index is 0.137. The molecule has 0 spiro atoms. The van der Waals surface area contributed by atoms with Crippen LogP contribution in [0.1, 0.15) is 87.0 Å². The molecule has 0 aromatic rings. The van der Waals surface area contributed by atoms with Gasteiger partial charge in [-0.3, -0.25) is 9.59 Å². The maximum absolute atomic E-state index is 12.4. The molecule has 0 N–H and O–H groups in total. The van der Waals surface area contributed by atoms with Crippen LogP contribution in [-0.4, -0.2) is 61.0 Å². The van der Waals surface area contributed by atoms with Crippen LogP contribution in [-0.2, 0) is 14.3 Å². The summed E-state index contributed by atoms with van der Waals surface area (Å²) in [6.07, 6.45) is 5.20. The van der Waals surface area contributed by atoms with Crippen LogP contribution in [0.3, 0.4) is 0 Å². The van der Waals surface area contributed by atoms with Crippen LogP contribution in [0.2, 0.25) is 0 Å². The zero-order valence-electron chi connectivity index (χ0n) is 20.1. The summed E-state index contributed by atoms with van der Waals surface area (Å²) in [7, 11) is 3.74. The number of likely N-dealkylation sites (N-methyl/N-ethyl adjacent to an activating group) is 1. The Kier molecular flexibility index (Phi) is 12.0. The first-order valence-electron chi connectivity index (χ1n) is 10.9. The summed E-state index contributed by atoms with van der Waals surface area (Å²) in [5, 5.41) is 0. The largest absolute Gasteiger partial charge is 0.378 e. The molecule has 5 nitrogen and oxygen atoms in total. The quantitative estimate of drug-likeness (QED) is 0.424. The predicted molar refractivity (Wildman–Crippen MR) is 117 cm³/mol. The van der Waals surface area contributed by atoms with Crippen LogP contribution in [0.5, 0.6) is 0 Å². The Bertz CT molecular complexity index is 474. The fraction of sp³-hybridized carbons (Fsp3) is 0.913. The van der Waals surface area contributed by atoms with E-state index < -0.39 is 0 Å². The Morgan fingerprint density at radius 1 is 0.964 bits per heavy atom. The topological polar surface area (TPSA) is 49.9 Å². The van der Waals surface area contributed by atoms with Crippen molar-refractivity contribution >= 4 is 11.8 Å². The van der Waals surface area contributed by atoms with E-state index in [-0.39, 0.29) is 22.8 Å². The van der Waals surface area contributed by atoms with Crippen molar-refractivity contribution in [1.29, 1.82) is 0 Å². The van der Waals surface area contributed by atoms with Crippen LogP contribution >= 0.6 is 0 Å². The number of carbonyl (C=O) groups excluding carboxylic acids is 2. The molecule has 0 aromatic heterocycles. The third-order valence-electron chi connectivity index (χ3n) is 5.61. The Balaban J connectivity index is 4.46. The average molecular weight is 399 g/mol. The Morgan fingerprint density at radius 2 is 1.57 bits per heavy atom. The van der Waals surface area contributed by atoms with E-state index >= 15 is 0 Å². The van der Waals surface area contributed by atoms with Gasteiger partial charge in [0.2, 0.25) is 11.8 Å². The molecule has 0 aliphatic heterocycles. The summed E-state index contributed by atoms with van der Waals surface area (Å²) in [5.41, 5.74) is -0.486. The minimum atomic E-state index is -0.348. The van der Waals surface area contributed by atoms with E-state index in [4.69, 9.17) is 4.74 Å². The molecule has 1 atom stereocenters. The maximum atomic E-state index is 12.4. The molecule has 1 unspecified atom stereocenters. The maximum Gasteiger partial charge on any atom is 0.222 e. The number of rotatable bonds is 14. The molecular weight excluding hydrogens is 352 g/mol. The van der Waals surface area contributed by atoms with Gasteiger partial charge in [-0.25, -0.2) is 0 Å². The van der Waals surface area contributed by atoms with Gasteiger partial charge in [0.1, 0.15) is 0 Å². The summed E-state index contributed by atoms with van der Waals surface area (Å²) < 4.78 is 6.00. The molecule has 0 saturated carbocycles. The second-order valence-corrected chi connectivity index (χ2v) is 9.83. The number of unbranched alkanes of at least 4 members (excludes halogenated alkanes) is 1. The van der Waals surface area contributed by atoms with Gasteiger partial charge in [-0.2, -0.15) is 0 Å². The number of nitrogens with zero attached hydrogens (tertiary/aromatic N) is 2. The third-order valence-corrected chi connectivity index (χ3v) is 5.61.